The molecular formula is C15H14N2O. The Labute approximate surface area is 106 Å². The fourth-order valence-electron chi connectivity index (χ4n) is 1.59. The maximum atomic E-state index is 12.0. The van der Waals surface area contributed by atoms with E-state index in [1.807, 2.05) is 25.1 Å². The summed E-state index contributed by atoms with van der Waals surface area (Å²) in [6.07, 6.45) is 6.59. The zero-order valence-electron chi connectivity index (χ0n) is 10.1. The lowest BCUT2D eigenvalue weighted by Gasteiger charge is -1.99. The number of nitrogens with two attached hydrogens (primary N) is 1. The van der Waals surface area contributed by atoms with Gasteiger partial charge in [-0.25, -0.2) is 0 Å². The highest BCUT2D eigenvalue weighted by molar-refractivity contribution is 6.07. The standard InChI is InChI=1S/C15H14N2O/c1-11-8-9-17-10-14(11)15(18)7-4-12-2-5-13(16)6-3-12/h2-10H,16H2,1H3/b7-4+. The topological polar surface area (TPSA) is 56.0 Å². The van der Waals surface area contributed by atoms with Gasteiger partial charge >= 0.3 is 0 Å². The van der Waals surface area contributed by atoms with E-state index in [1.54, 1.807) is 36.7 Å². The van der Waals surface area contributed by atoms with Crippen LogP contribution in [0.2, 0.25) is 0 Å². The molecule has 0 saturated heterocycles. The van der Waals surface area contributed by atoms with Gasteiger partial charge in [0.15, 0.2) is 5.78 Å². The van der Waals surface area contributed by atoms with Crippen molar-refractivity contribution in [3.8, 4) is 0 Å². The Balaban J connectivity index is 2.17. The van der Waals surface area contributed by atoms with Crippen molar-refractivity contribution in [2.45, 2.75) is 6.92 Å². The Morgan fingerprint density at radius 3 is 2.61 bits per heavy atom. The van der Waals surface area contributed by atoms with Gasteiger partial charge in [-0.05, 0) is 42.3 Å². The zero-order valence-corrected chi connectivity index (χ0v) is 10.1. The molecule has 2 rings (SSSR count). The largest absolute Gasteiger partial charge is 0.399 e. The minimum atomic E-state index is -0.0441. The summed E-state index contributed by atoms with van der Waals surface area (Å²) in [5.74, 6) is -0.0441. The Morgan fingerprint density at radius 1 is 1.22 bits per heavy atom. The van der Waals surface area contributed by atoms with Gasteiger partial charge in [-0.1, -0.05) is 18.2 Å². The Bertz CT molecular complexity index is 586. The summed E-state index contributed by atoms with van der Waals surface area (Å²) < 4.78 is 0. The average molecular weight is 238 g/mol. The van der Waals surface area contributed by atoms with Crippen molar-refractivity contribution in [1.82, 2.24) is 4.98 Å². The van der Waals surface area contributed by atoms with E-state index < -0.39 is 0 Å². The van der Waals surface area contributed by atoms with Crippen LogP contribution in [-0.2, 0) is 0 Å². The van der Waals surface area contributed by atoms with Gasteiger partial charge in [0.05, 0.1) is 0 Å². The zero-order chi connectivity index (χ0) is 13.0. The molecular weight excluding hydrogens is 224 g/mol. The van der Waals surface area contributed by atoms with Gasteiger partial charge < -0.3 is 5.73 Å². The van der Waals surface area contributed by atoms with Gasteiger partial charge in [-0.2, -0.15) is 0 Å². The number of aryl methyl sites for hydroxylation is 1. The number of carbonyl (C=O) groups excluding carboxylic acids is 1. The Morgan fingerprint density at radius 2 is 1.94 bits per heavy atom. The average Bonchev–Trinajstić information content (AvgIpc) is 2.38. The van der Waals surface area contributed by atoms with Gasteiger partial charge in [-0.15, -0.1) is 0 Å². The van der Waals surface area contributed by atoms with E-state index in [4.69, 9.17) is 5.73 Å². The van der Waals surface area contributed by atoms with E-state index in [0.29, 0.717) is 11.3 Å². The number of pyridine rings is 1. The van der Waals surface area contributed by atoms with Crippen molar-refractivity contribution >= 4 is 17.5 Å². The number of benzene rings is 1. The van der Waals surface area contributed by atoms with E-state index in [1.165, 1.54) is 0 Å². The number of nitrogens with zero attached hydrogens (tertiary/aromatic N) is 1. The predicted molar refractivity (Wildman–Crippen MR) is 73.2 cm³/mol. The van der Waals surface area contributed by atoms with E-state index in [9.17, 15) is 4.79 Å². The molecule has 90 valence electrons. The summed E-state index contributed by atoms with van der Waals surface area (Å²) in [4.78, 5) is 15.9. The van der Waals surface area contributed by atoms with Crippen LogP contribution in [-0.4, -0.2) is 10.8 Å². The lowest BCUT2D eigenvalue weighted by molar-refractivity contribution is 0.104. The highest BCUT2D eigenvalue weighted by Crippen LogP contribution is 2.10. The van der Waals surface area contributed by atoms with Crippen molar-refractivity contribution in [3.05, 3.63) is 65.5 Å². The van der Waals surface area contributed by atoms with Crippen LogP contribution < -0.4 is 5.73 Å². The van der Waals surface area contributed by atoms with E-state index >= 15 is 0 Å². The van der Waals surface area contributed by atoms with Crippen LogP contribution in [0.5, 0.6) is 0 Å². The summed E-state index contributed by atoms with van der Waals surface area (Å²) in [6, 6.07) is 9.17. The molecule has 18 heavy (non-hydrogen) atoms. The molecule has 0 atom stereocenters. The number of ketones is 1. The number of rotatable bonds is 3. The van der Waals surface area contributed by atoms with Crippen molar-refractivity contribution < 1.29 is 4.79 Å². The van der Waals surface area contributed by atoms with Gasteiger partial charge in [-0.3, -0.25) is 9.78 Å². The minimum absolute atomic E-state index is 0.0441. The van der Waals surface area contributed by atoms with Gasteiger partial charge in [0.1, 0.15) is 0 Å². The number of allylic oxidation sites excluding steroid dienone is 1. The van der Waals surface area contributed by atoms with Crippen LogP contribution in [0.1, 0.15) is 21.5 Å². The maximum Gasteiger partial charge on any atom is 0.187 e. The predicted octanol–water partition coefficient (Wildman–Crippen LogP) is 2.87. The summed E-state index contributed by atoms with van der Waals surface area (Å²) in [5, 5.41) is 0. The molecule has 1 heterocycles. The van der Waals surface area contributed by atoms with Crippen molar-refractivity contribution in [2.75, 3.05) is 5.73 Å². The Kier molecular flexibility index (Phi) is 3.53. The first kappa shape index (κ1) is 12.0. The molecule has 0 unspecified atom stereocenters. The number of hydrogen-bond acceptors (Lipinski definition) is 3. The van der Waals surface area contributed by atoms with Gasteiger partial charge in [0, 0.05) is 23.6 Å². The smallest absolute Gasteiger partial charge is 0.187 e. The van der Waals surface area contributed by atoms with Crippen LogP contribution in [0, 0.1) is 6.92 Å². The maximum absolute atomic E-state index is 12.0. The Hall–Kier alpha value is -2.42. The van der Waals surface area contributed by atoms with Crippen molar-refractivity contribution in [3.63, 3.8) is 0 Å². The molecule has 0 spiro atoms. The first-order valence-corrected chi connectivity index (χ1v) is 5.65. The van der Waals surface area contributed by atoms with E-state index in [0.717, 1.165) is 11.1 Å². The molecule has 0 aliphatic rings. The summed E-state index contributed by atoms with van der Waals surface area (Å²) >= 11 is 0. The molecule has 0 bridgehead atoms. The molecule has 0 amide bonds. The van der Waals surface area contributed by atoms with Crippen LogP contribution >= 0.6 is 0 Å². The molecule has 3 heteroatoms. The fourth-order valence-corrected chi connectivity index (χ4v) is 1.59. The number of hydrogen-bond donors (Lipinski definition) is 1. The van der Waals surface area contributed by atoms with Crippen LogP contribution in [0.15, 0.2) is 48.8 Å². The molecule has 0 radical (unpaired) electrons. The molecule has 2 aromatic rings. The first-order valence-electron chi connectivity index (χ1n) is 5.65. The molecule has 0 saturated carbocycles. The van der Waals surface area contributed by atoms with Crippen LogP contribution in [0.3, 0.4) is 0 Å². The summed E-state index contributed by atoms with van der Waals surface area (Å²) in [5.41, 5.74) is 8.80. The highest BCUT2D eigenvalue weighted by atomic mass is 16.1. The first-order chi connectivity index (χ1) is 8.66. The monoisotopic (exact) mass is 238 g/mol. The molecule has 0 aliphatic carbocycles. The molecule has 3 nitrogen and oxygen atoms in total. The van der Waals surface area contributed by atoms with Crippen molar-refractivity contribution in [1.29, 1.82) is 0 Å². The lowest BCUT2D eigenvalue weighted by atomic mass is 10.1. The third-order valence-corrected chi connectivity index (χ3v) is 2.67. The number of aromatic nitrogens is 1. The molecule has 0 fully saturated rings. The summed E-state index contributed by atoms with van der Waals surface area (Å²) in [6.45, 7) is 1.89. The number of anilines is 1. The highest BCUT2D eigenvalue weighted by Gasteiger charge is 2.04. The molecule has 2 N–H and O–H groups in total. The minimum Gasteiger partial charge on any atom is -0.399 e. The second-order valence-electron chi connectivity index (χ2n) is 4.05. The second kappa shape index (κ2) is 5.27. The van der Waals surface area contributed by atoms with Gasteiger partial charge in [0.2, 0.25) is 0 Å². The van der Waals surface area contributed by atoms with E-state index in [-0.39, 0.29) is 5.78 Å². The third kappa shape index (κ3) is 2.83. The number of carbonyl (C=O) groups is 1. The normalized spacial score (nSPS) is 10.7. The molecule has 0 aliphatic heterocycles. The lowest BCUT2D eigenvalue weighted by Crippen LogP contribution is -1.98. The van der Waals surface area contributed by atoms with E-state index in [2.05, 4.69) is 4.98 Å². The van der Waals surface area contributed by atoms with Crippen molar-refractivity contribution in [2.24, 2.45) is 0 Å². The summed E-state index contributed by atoms with van der Waals surface area (Å²) in [7, 11) is 0. The third-order valence-electron chi connectivity index (χ3n) is 2.67. The van der Waals surface area contributed by atoms with Gasteiger partial charge in [0.25, 0.3) is 0 Å². The molecule has 1 aromatic carbocycles. The van der Waals surface area contributed by atoms with Crippen LogP contribution in [0.4, 0.5) is 5.69 Å². The second-order valence-corrected chi connectivity index (χ2v) is 4.05. The number of nitrogen functional groups attached to an aromatic ring is 1. The molecule has 1 aromatic heterocycles. The quantitative estimate of drug-likeness (QED) is 0.508. The fraction of sp³-hybridized carbons (Fsp3) is 0.0667. The SMILES string of the molecule is Cc1ccncc1C(=O)/C=C/c1ccc(N)cc1. The van der Waals surface area contributed by atoms with Crippen LogP contribution in [0.25, 0.3) is 6.08 Å².